The minimum atomic E-state index is 0.410. The predicted molar refractivity (Wildman–Crippen MR) is 73.4 cm³/mol. The molecule has 0 aromatic carbocycles. The highest BCUT2D eigenvalue weighted by atomic mass is 15.1. The van der Waals surface area contributed by atoms with E-state index in [4.69, 9.17) is 0 Å². The van der Waals surface area contributed by atoms with Crippen molar-refractivity contribution < 1.29 is 0 Å². The molecule has 0 aliphatic carbocycles. The summed E-state index contributed by atoms with van der Waals surface area (Å²) >= 11 is 0. The van der Waals surface area contributed by atoms with Crippen LogP contribution in [0.5, 0.6) is 0 Å². The molecule has 18 heavy (non-hydrogen) atoms. The quantitative estimate of drug-likeness (QED) is 0.877. The van der Waals surface area contributed by atoms with E-state index in [-0.39, 0.29) is 0 Å². The van der Waals surface area contributed by atoms with Crippen LogP contribution in [0.15, 0.2) is 30.9 Å². The first-order valence-electron chi connectivity index (χ1n) is 6.41. The van der Waals surface area contributed by atoms with Gasteiger partial charge in [0.05, 0.1) is 6.54 Å². The molecule has 2 aromatic rings. The summed E-state index contributed by atoms with van der Waals surface area (Å²) in [5.41, 5.74) is 1.33. The Morgan fingerprint density at radius 1 is 1.33 bits per heavy atom. The number of hydrogen-bond acceptors (Lipinski definition) is 2. The molecule has 0 saturated carbocycles. The van der Waals surface area contributed by atoms with Gasteiger partial charge in [0, 0.05) is 37.9 Å². The SMILES string of the molecule is CNC(c1ccn(Cc2nccn2C)c1)C(C)C. The van der Waals surface area contributed by atoms with Crippen molar-refractivity contribution in [3.05, 3.63) is 42.2 Å². The molecule has 0 bridgehead atoms. The van der Waals surface area contributed by atoms with Gasteiger partial charge in [-0.1, -0.05) is 13.8 Å². The summed E-state index contributed by atoms with van der Waals surface area (Å²) in [6.07, 6.45) is 8.14. The second-order valence-corrected chi connectivity index (χ2v) is 5.08. The third-order valence-corrected chi connectivity index (χ3v) is 3.36. The minimum absolute atomic E-state index is 0.410. The molecule has 4 nitrogen and oxygen atoms in total. The van der Waals surface area contributed by atoms with Crippen molar-refractivity contribution in [1.82, 2.24) is 19.4 Å². The van der Waals surface area contributed by atoms with Crippen LogP contribution in [0, 0.1) is 5.92 Å². The number of rotatable bonds is 5. The van der Waals surface area contributed by atoms with Gasteiger partial charge in [0.1, 0.15) is 5.82 Å². The van der Waals surface area contributed by atoms with Crippen LogP contribution in [0.2, 0.25) is 0 Å². The van der Waals surface area contributed by atoms with Crippen molar-refractivity contribution in [3.63, 3.8) is 0 Å². The van der Waals surface area contributed by atoms with Crippen LogP contribution in [0.4, 0.5) is 0 Å². The van der Waals surface area contributed by atoms with Crippen LogP contribution < -0.4 is 5.32 Å². The van der Waals surface area contributed by atoms with Crippen LogP contribution in [0.3, 0.4) is 0 Å². The normalized spacial score (nSPS) is 13.2. The maximum absolute atomic E-state index is 4.35. The molecular formula is C14H22N4. The molecule has 2 heterocycles. The first-order valence-corrected chi connectivity index (χ1v) is 6.41. The van der Waals surface area contributed by atoms with E-state index < -0.39 is 0 Å². The van der Waals surface area contributed by atoms with Gasteiger partial charge in [0.2, 0.25) is 0 Å². The summed E-state index contributed by atoms with van der Waals surface area (Å²) in [4.78, 5) is 4.35. The van der Waals surface area contributed by atoms with Crippen molar-refractivity contribution in [2.45, 2.75) is 26.4 Å². The summed E-state index contributed by atoms with van der Waals surface area (Å²) in [5, 5.41) is 3.37. The number of aryl methyl sites for hydroxylation is 1. The Kier molecular flexibility index (Phi) is 3.87. The highest BCUT2D eigenvalue weighted by Gasteiger charge is 2.14. The molecule has 0 amide bonds. The molecule has 0 saturated heterocycles. The number of aromatic nitrogens is 3. The molecular weight excluding hydrogens is 224 g/mol. The van der Waals surface area contributed by atoms with Gasteiger partial charge in [-0.2, -0.15) is 0 Å². The van der Waals surface area contributed by atoms with Gasteiger partial charge >= 0.3 is 0 Å². The second-order valence-electron chi connectivity index (χ2n) is 5.08. The molecule has 98 valence electrons. The van der Waals surface area contributed by atoms with Crippen LogP contribution in [0.1, 0.15) is 31.3 Å². The number of imidazole rings is 1. The Labute approximate surface area is 109 Å². The van der Waals surface area contributed by atoms with Crippen LogP contribution in [0.25, 0.3) is 0 Å². The zero-order valence-electron chi connectivity index (χ0n) is 11.6. The fourth-order valence-electron chi connectivity index (χ4n) is 2.34. The zero-order valence-corrected chi connectivity index (χ0v) is 11.6. The molecule has 2 rings (SSSR count). The molecule has 0 spiro atoms. The topological polar surface area (TPSA) is 34.8 Å². The standard InChI is InChI=1S/C14H22N4/c1-11(2)14(15-3)12-5-7-18(9-12)10-13-16-6-8-17(13)4/h5-9,11,14-15H,10H2,1-4H3. The number of nitrogens with zero attached hydrogens (tertiary/aromatic N) is 3. The van der Waals surface area contributed by atoms with E-state index in [2.05, 4.69) is 51.7 Å². The van der Waals surface area contributed by atoms with E-state index >= 15 is 0 Å². The smallest absolute Gasteiger partial charge is 0.128 e. The zero-order chi connectivity index (χ0) is 13.1. The molecule has 0 aliphatic rings. The van der Waals surface area contributed by atoms with Crippen molar-refractivity contribution in [2.24, 2.45) is 13.0 Å². The summed E-state index contributed by atoms with van der Waals surface area (Å²) < 4.78 is 4.24. The van der Waals surface area contributed by atoms with E-state index in [0.717, 1.165) is 12.4 Å². The van der Waals surface area contributed by atoms with Crippen molar-refractivity contribution in [2.75, 3.05) is 7.05 Å². The average molecular weight is 246 g/mol. The van der Waals surface area contributed by atoms with E-state index in [1.54, 1.807) is 0 Å². The van der Waals surface area contributed by atoms with Crippen LogP contribution >= 0.6 is 0 Å². The highest BCUT2D eigenvalue weighted by molar-refractivity contribution is 5.16. The first-order chi connectivity index (χ1) is 8.61. The third kappa shape index (κ3) is 2.64. The minimum Gasteiger partial charge on any atom is -0.346 e. The second kappa shape index (κ2) is 5.40. The van der Waals surface area contributed by atoms with Gasteiger partial charge in [0.15, 0.2) is 0 Å². The van der Waals surface area contributed by atoms with E-state index in [1.165, 1.54) is 5.56 Å². The summed E-state index contributed by atoms with van der Waals surface area (Å²) in [6, 6.07) is 2.59. The van der Waals surface area contributed by atoms with Crippen molar-refractivity contribution in [1.29, 1.82) is 0 Å². The molecule has 2 aromatic heterocycles. The Hall–Kier alpha value is -1.55. The molecule has 0 aliphatic heterocycles. The van der Waals surface area contributed by atoms with Crippen LogP contribution in [-0.2, 0) is 13.6 Å². The molecule has 1 atom stereocenters. The van der Waals surface area contributed by atoms with Gasteiger partial charge in [0.25, 0.3) is 0 Å². The van der Waals surface area contributed by atoms with Gasteiger partial charge in [-0.25, -0.2) is 4.98 Å². The van der Waals surface area contributed by atoms with E-state index in [0.29, 0.717) is 12.0 Å². The van der Waals surface area contributed by atoms with Gasteiger partial charge in [-0.3, -0.25) is 0 Å². The Balaban J connectivity index is 2.13. The molecule has 1 N–H and O–H groups in total. The molecule has 0 fully saturated rings. The number of hydrogen-bond donors (Lipinski definition) is 1. The van der Waals surface area contributed by atoms with Gasteiger partial charge in [-0.05, 0) is 24.6 Å². The lowest BCUT2D eigenvalue weighted by molar-refractivity contribution is 0.442. The monoisotopic (exact) mass is 246 g/mol. The molecule has 0 radical (unpaired) electrons. The lowest BCUT2D eigenvalue weighted by Gasteiger charge is -2.18. The predicted octanol–water partition coefficient (Wildman–Crippen LogP) is 2.19. The largest absolute Gasteiger partial charge is 0.346 e. The average Bonchev–Trinajstić information content (AvgIpc) is 2.91. The Morgan fingerprint density at radius 2 is 2.11 bits per heavy atom. The Morgan fingerprint density at radius 3 is 2.67 bits per heavy atom. The van der Waals surface area contributed by atoms with Crippen molar-refractivity contribution >= 4 is 0 Å². The fourth-order valence-corrected chi connectivity index (χ4v) is 2.34. The summed E-state index contributed by atoms with van der Waals surface area (Å²) in [6.45, 7) is 5.28. The molecule has 4 heteroatoms. The van der Waals surface area contributed by atoms with E-state index in [1.807, 2.05) is 26.5 Å². The van der Waals surface area contributed by atoms with Gasteiger partial charge in [-0.15, -0.1) is 0 Å². The number of nitrogens with one attached hydrogen (secondary N) is 1. The van der Waals surface area contributed by atoms with Crippen molar-refractivity contribution in [3.8, 4) is 0 Å². The molecule has 1 unspecified atom stereocenters. The summed E-state index contributed by atoms with van der Waals surface area (Å²) in [5.74, 6) is 1.65. The lowest BCUT2D eigenvalue weighted by atomic mass is 9.99. The fraction of sp³-hybridized carbons (Fsp3) is 0.500. The third-order valence-electron chi connectivity index (χ3n) is 3.36. The van der Waals surface area contributed by atoms with Crippen LogP contribution in [-0.4, -0.2) is 21.2 Å². The van der Waals surface area contributed by atoms with E-state index in [9.17, 15) is 0 Å². The lowest BCUT2D eigenvalue weighted by Crippen LogP contribution is -2.21. The highest BCUT2D eigenvalue weighted by Crippen LogP contribution is 2.21. The summed E-state index contributed by atoms with van der Waals surface area (Å²) in [7, 11) is 4.04. The Bertz CT molecular complexity index is 495. The maximum Gasteiger partial charge on any atom is 0.128 e. The maximum atomic E-state index is 4.35. The first kappa shape index (κ1) is 12.9. The van der Waals surface area contributed by atoms with Gasteiger partial charge < -0.3 is 14.5 Å².